The van der Waals surface area contributed by atoms with Crippen LogP contribution in [0.25, 0.3) is 0 Å². The van der Waals surface area contributed by atoms with E-state index in [1.807, 2.05) is 0 Å². The Bertz CT molecular complexity index is 629. The number of halogens is 2. The van der Waals surface area contributed by atoms with Gasteiger partial charge in [0.1, 0.15) is 6.33 Å². The summed E-state index contributed by atoms with van der Waals surface area (Å²) in [4.78, 5) is 14.8. The molecule has 0 atom stereocenters. The van der Waals surface area contributed by atoms with E-state index in [0.29, 0.717) is 5.82 Å². The van der Waals surface area contributed by atoms with Crippen LogP contribution in [0.4, 0.5) is 10.1 Å². The zero-order valence-corrected chi connectivity index (χ0v) is 11.5. The number of aryl methyl sites for hydroxylation is 1. The minimum Gasteiger partial charge on any atom is -0.478 e. The molecule has 8 heteroatoms. The molecule has 0 spiro atoms. The van der Waals surface area contributed by atoms with Gasteiger partial charge in [-0.1, -0.05) is 0 Å². The third kappa shape index (κ3) is 2.90. The lowest BCUT2D eigenvalue weighted by Crippen LogP contribution is -2.06. The van der Waals surface area contributed by atoms with E-state index < -0.39 is 11.8 Å². The molecule has 2 N–H and O–H groups in total. The summed E-state index contributed by atoms with van der Waals surface area (Å²) in [5, 5.41) is 15.7. The van der Waals surface area contributed by atoms with Gasteiger partial charge < -0.3 is 10.4 Å². The number of carbonyl (C=O) groups is 1. The van der Waals surface area contributed by atoms with Gasteiger partial charge in [0.2, 0.25) is 0 Å². The van der Waals surface area contributed by atoms with Gasteiger partial charge in [-0.3, -0.25) is 4.68 Å². The molecule has 100 valence electrons. The van der Waals surface area contributed by atoms with Gasteiger partial charge in [0.05, 0.1) is 22.3 Å². The number of nitrogens with one attached hydrogen (secondary N) is 1. The van der Waals surface area contributed by atoms with E-state index in [9.17, 15) is 9.18 Å². The van der Waals surface area contributed by atoms with Crippen LogP contribution in [-0.4, -0.2) is 25.8 Å². The number of hydrogen-bond donors (Lipinski definition) is 2. The second-order valence-corrected chi connectivity index (χ2v) is 4.57. The summed E-state index contributed by atoms with van der Waals surface area (Å²) in [6, 6.07) is 2.69. The van der Waals surface area contributed by atoms with Gasteiger partial charge in [0.25, 0.3) is 0 Å². The minimum absolute atomic E-state index is 0.0843. The lowest BCUT2D eigenvalue weighted by Gasteiger charge is -2.08. The lowest BCUT2D eigenvalue weighted by atomic mass is 10.2. The third-order valence-electron chi connectivity index (χ3n) is 2.40. The Morgan fingerprint density at radius 1 is 1.58 bits per heavy atom. The van der Waals surface area contributed by atoms with Gasteiger partial charge in [0, 0.05) is 7.05 Å². The normalized spacial score (nSPS) is 10.5. The van der Waals surface area contributed by atoms with Gasteiger partial charge in [-0.15, -0.1) is 0 Å². The molecule has 2 rings (SSSR count). The summed E-state index contributed by atoms with van der Waals surface area (Å²) in [6.07, 6.45) is 1.54. The quantitative estimate of drug-likeness (QED) is 0.897. The van der Waals surface area contributed by atoms with Crippen molar-refractivity contribution < 1.29 is 14.3 Å². The van der Waals surface area contributed by atoms with Gasteiger partial charge in [-0.25, -0.2) is 14.2 Å². The molecule has 6 nitrogen and oxygen atoms in total. The molecule has 0 unspecified atom stereocenters. The highest BCUT2D eigenvalue weighted by Gasteiger charge is 2.15. The van der Waals surface area contributed by atoms with Crippen molar-refractivity contribution in [3.8, 4) is 0 Å². The molecule has 2 aromatic rings. The molecule has 1 aromatic carbocycles. The minimum atomic E-state index is -1.19. The highest BCUT2D eigenvalue weighted by atomic mass is 79.9. The van der Waals surface area contributed by atoms with Crippen molar-refractivity contribution in [2.24, 2.45) is 7.05 Å². The average Bonchev–Trinajstić information content (AvgIpc) is 2.76. The first-order valence-corrected chi connectivity index (χ1v) is 6.08. The maximum Gasteiger partial charge on any atom is 0.336 e. The summed E-state index contributed by atoms with van der Waals surface area (Å²) in [5.74, 6) is -1.33. The zero-order valence-electron chi connectivity index (χ0n) is 9.89. The molecule has 0 saturated carbocycles. The van der Waals surface area contributed by atoms with E-state index in [1.165, 1.54) is 23.1 Å². The molecule has 19 heavy (non-hydrogen) atoms. The van der Waals surface area contributed by atoms with Crippen molar-refractivity contribution in [3.05, 3.63) is 40.1 Å². The fraction of sp³-hybridized carbons (Fsp3) is 0.182. The Balaban J connectivity index is 2.17. The number of carboxylic acids is 1. The summed E-state index contributed by atoms with van der Waals surface area (Å²) in [6.45, 7) is 0.247. The number of hydrogen-bond acceptors (Lipinski definition) is 4. The molecule has 0 amide bonds. The smallest absolute Gasteiger partial charge is 0.336 e. The zero-order chi connectivity index (χ0) is 14.0. The first-order chi connectivity index (χ1) is 8.99. The highest BCUT2D eigenvalue weighted by Crippen LogP contribution is 2.27. The second-order valence-electron chi connectivity index (χ2n) is 3.78. The van der Waals surface area contributed by atoms with Crippen molar-refractivity contribution in [2.75, 3.05) is 5.32 Å². The molecular weight excluding hydrogens is 319 g/mol. The standard InChI is InChI=1S/C11H10BrFN4O2/c1-17-5-15-8(16-17)4-14-7-3-2-6(11(18)19)9(12)10(7)13/h2-3,5,14H,4H2,1H3,(H,18,19). The van der Waals surface area contributed by atoms with Crippen molar-refractivity contribution in [1.29, 1.82) is 0 Å². The average molecular weight is 329 g/mol. The van der Waals surface area contributed by atoms with Gasteiger partial charge in [-0.05, 0) is 28.1 Å². The van der Waals surface area contributed by atoms with Crippen molar-refractivity contribution >= 4 is 27.6 Å². The maximum atomic E-state index is 13.9. The van der Waals surface area contributed by atoms with E-state index in [4.69, 9.17) is 5.11 Å². The number of nitrogens with zero attached hydrogens (tertiary/aromatic N) is 3. The predicted octanol–water partition coefficient (Wildman–Crippen LogP) is 2.03. The van der Waals surface area contributed by atoms with Crippen LogP contribution in [-0.2, 0) is 13.6 Å². The number of carboxylic acid groups (broad SMARTS) is 1. The Morgan fingerprint density at radius 2 is 2.32 bits per heavy atom. The third-order valence-corrected chi connectivity index (χ3v) is 3.17. The van der Waals surface area contributed by atoms with Crippen LogP contribution in [0.15, 0.2) is 22.9 Å². The molecule has 1 heterocycles. The Morgan fingerprint density at radius 3 is 2.89 bits per heavy atom. The van der Waals surface area contributed by atoms with E-state index in [2.05, 4.69) is 31.3 Å². The van der Waals surface area contributed by atoms with E-state index in [0.717, 1.165) is 0 Å². The number of benzene rings is 1. The Hall–Kier alpha value is -1.96. The van der Waals surface area contributed by atoms with Crippen molar-refractivity contribution in [3.63, 3.8) is 0 Å². The van der Waals surface area contributed by atoms with Gasteiger partial charge >= 0.3 is 5.97 Å². The molecule has 0 radical (unpaired) electrons. The number of aromatic carboxylic acids is 1. The molecule has 0 saturated heterocycles. The molecule has 1 aromatic heterocycles. The van der Waals surface area contributed by atoms with Crippen LogP contribution in [0.1, 0.15) is 16.2 Å². The summed E-state index contributed by atoms with van der Waals surface area (Å²) in [5.41, 5.74) is 0.0586. The molecular formula is C11H10BrFN4O2. The Kier molecular flexibility index (Phi) is 3.79. The summed E-state index contributed by atoms with van der Waals surface area (Å²) < 4.78 is 15.4. The van der Waals surface area contributed by atoms with Gasteiger partial charge in [0.15, 0.2) is 11.6 Å². The fourth-order valence-corrected chi connectivity index (χ4v) is 2.01. The largest absolute Gasteiger partial charge is 0.478 e. The van der Waals surface area contributed by atoms with Crippen molar-refractivity contribution in [2.45, 2.75) is 6.54 Å². The molecule has 0 fully saturated rings. The molecule has 0 aliphatic rings. The SMILES string of the molecule is Cn1cnc(CNc2ccc(C(=O)O)c(Br)c2F)n1. The first kappa shape index (κ1) is 13.5. The second kappa shape index (κ2) is 5.35. The fourth-order valence-electron chi connectivity index (χ4n) is 1.49. The van der Waals surface area contributed by atoms with E-state index >= 15 is 0 Å². The summed E-state index contributed by atoms with van der Waals surface area (Å²) in [7, 11) is 1.73. The molecule has 0 aliphatic heterocycles. The van der Waals surface area contributed by atoms with Crippen LogP contribution in [0.2, 0.25) is 0 Å². The van der Waals surface area contributed by atoms with Crippen LogP contribution >= 0.6 is 15.9 Å². The monoisotopic (exact) mass is 328 g/mol. The predicted molar refractivity (Wildman–Crippen MR) is 69.4 cm³/mol. The van der Waals surface area contributed by atoms with E-state index in [-0.39, 0.29) is 22.3 Å². The number of anilines is 1. The lowest BCUT2D eigenvalue weighted by molar-refractivity contribution is 0.0695. The van der Waals surface area contributed by atoms with Crippen LogP contribution in [0, 0.1) is 5.82 Å². The van der Waals surface area contributed by atoms with Crippen molar-refractivity contribution in [1.82, 2.24) is 14.8 Å². The van der Waals surface area contributed by atoms with Crippen LogP contribution in [0.5, 0.6) is 0 Å². The molecule has 0 aliphatic carbocycles. The van der Waals surface area contributed by atoms with E-state index in [1.54, 1.807) is 7.05 Å². The van der Waals surface area contributed by atoms with Gasteiger partial charge in [-0.2, -0.15) is 5.10 Å². The maximum absolute atomic E-state index is 13.9. The van der Waals surface area contributed by atoms with Crippen LogP contribution in [0.3, 0.4) is 0 Å². The first-order valence-electron chi connectivity index (χ1n) is 5.28. The molecule has 0 bridgehead atoms. The number of rotatable bonds is 4. The highest BCUT2D eigenvalue weighted by molar-refractivity contribution is 9.10. The number of aromatic nitrogens is 3. The topological polar surface area (TPSA) is 80.0 Å². The summed E-state index contributed by atoms with van der Waals surface area (Å²) >= 11 is 2.93. The Labute approximate surface area is 116 Å². The van der Waals surface area contributed by atoms with Crippen LogP contribution < -0.4 is 5.32 Å².